The molecule has 3 aromatic carbocycles. The van der Waals surface area contributed by atoms with E-state index >= 15 is 0 Å². The average molecular weight is 481 g/mol. The van der Waals surface area contributed by atoms with Gasteiger partial charge in [0.1, 0.15) is 17.0 Å². The van der Waals surface area contributed by atoms with Gasteiger partial charge in [0.05, 0.1) is 5.52 Å². The molecule has 0 unspecified atom stereocenters. The second-order valence-electron chi connectivity index (χ2n) is 7.60. The van der Waals surface area contributed by atoms with Gasteiger partial charge in [0.2, 0.25) is 0 Å². The molecule has 0 atom stereocenters. The Hall–Kier alpha value is -3.94. The molecule has 6 nitrogen and oxygen atoms in total. The van der Waals surface area contributed by atoms with E-state index < -0.39 is 0 Å². The Kier molecular flexibility index (Phi) is 5.33. The zero-order chi connectivity index (χ0) is 22.9. The van der Waals surface area contributed by atoms with Gasteiger partial charge in [-0.15, -0.1) is 10.2 Å². The first-order valence-corrected chi connectivity index (χ1v) is 11.8. The van der Waals surface area contributed by atoms with Crippen LogP contribution in [-0.2, 0) is 0 Å². The summed E-state index contributed by atoms with van der Waals surface area (Å²) in [5.41, 5.74) is 3.71. The van der Waals surface area contributed by atoms with Crippen LogP contribution in [-0.4, -0.2) is 24.8 Å². The molecule has 1 N–H and O–H groups in total. The number of anilines is 2. The van der Waals surface area contributed by atoms with Gasteiger partial charge in [-0.25, -0.2) is 9.50 Å². The lowest BCUT2D eigenvalue weighted by Crippen LogP contribution is -1.99. The Morgan fingerprint density at radius 2 is 1.59 bits per heavy atom. The zero-order valence-electron chi connectivity index (χ0n) is 17.8. The Balaban J connectivity index is 1.28. The van der Waals surface area contributed by atoms with Crippen molar-refractivity contribution in [2.24, 2.45) is 0 Å². The number of nitrogens with one attached hydrogen (secondary N) is 1. The second-order valence-corrected chi connectivity index (χ2v) is 9.10. The lowest BCUT2D eigenvalue weighted by Gasteiger charge is -2.12. The van der Waals surface area contributed by atoms with Crippen LogP contribution >= 0.6 is 23.4 Å². The molecule has 0 aliphatic rings. The number of fused-ring (bicyclic) bond motifs is 2. The van der Waals surface area contributed by atoms with Crippen LogP contribution in [0.1, 0.15) is 0 Å². The van der Waals surface area contributed by atoms with Crippen LogP contribution in [0.15, 0.2) is 107 Å². The van der Waals surface area contributed by atoms with Crippen LogP contribution in [0.4, 0.5) is 11.5 Å². The minimum absolute atomic E-state index is 0.693. The average Bonchev–Trinajstić information content (AvgIpc) is 3.36. The molecular weight excluding hydrogens is 464 g/mol. The van der Waals surface area contributed by atoms with Gasteiger partial charge < -0.3 is 5.32 Å². The Bertz CT molecular complexity index is 1610. The summed E-state index contributed by atoms with van der Waals surface area (Å²) in [6, 6.07) is 27.9. The maximum atomic E-state index is 6.05. The van der Waals surface area contributed by atoms with Crippen LogP contribution in [0.2, 0.25) is 5.02 Å². The van der Waals surface area contributed by atoms with Crippen molar-refractivity contribution in [3.05, 3.63) is 102 Å². The van der Waals surface area contributed by atoms with Crippen molar-refractivity contribution in [3.63, 3.8) is 0 Å². The highest BCUT2D eigenvalue weighted by Gasteiger charge is 2.12. The SMILES string of the molecule is Clc1ccc(-c2nnc(Nc3ccc(Sc4ncnn5cccc45)cc3)c3ccccc23)cc1. The highest BCUT2D eigenvalue weighted by Crippen LogP contribution is 2.33. The zero-order valence-corrected chi connectivity index (χ0v) is 19.3. The maximum absolute atomic E-state index is 6.05. The van der Waals surface area contributed by atoms with E-state index in [0.29, 0.717) is 10.8 Å². The normalized spacial score (nSPS) is 11.2. The molecule has 8 heteroatoms. The summed E-state index contributed by atoms with van der Waals surface area (Å²) in [5.74, 6) is 0.708. The predicted octanol–water partition coefficient (Wildman–Crippen LogP) is 6.89. The van der Waals surface area contributed by atoms with Crippen LogP contribution < -0.4 is 5.32 Å². The first kappa shape index (κ1) is 20.7. The third-order valence-corrected chi connectivity index (χ3v) is 6.70. The van der Waals surface area contributed by atoms with Gasteiger partial charge >= 0.3 is 0 Å². The number of benzene rings is 3. The molecule has 164 valence electrons. The third kappa shape index (κ3) is 3.96. The van der Waals surface area contributed by atoms with E-state index in [2.05, 4.69) is 43.8 Å². The van der Waals surface area contributed by atoms with E-state index in [9.17, 15) is 0 Å². The lowest BCUT2D eigenvalue weighted by atomic mass is 10.0. The van der Waals surface area contributed by atoms with E-state index in [1.165, 1.54) is 0 Å². The molecule has 6 aromatic rings. The topological polar surface area (TPSA) is 68.0 Å². The van der Waals surface area contributed by atoms with Gasteiger partial charge in [-0.05, 0) is 48.5 Å². The summed E-state index contributed by atoms with van der Waals surface area (Å²) in [6.45, 7) is 0. The van der Waals surface area contributed by atoms with Crippen LogP contribution in [0.25, 0.3) is 27.5 Å². The van der Waals surface area contributed by atoms with Gasteiger partial charge in [0.15, 0.2) is 5.82 Å². The molecule has 0 aliphatic heterocycles. The minimum atomic E-state index is 0.693. The summed E-state index contributed by atoms with van der Waals surface area (Å²) in [4.78, 5) is 5.51. The molecule has 3 aromatic heterocycles. The number of hydrogen-bond acceptors (Lipinski definition) is 6. The molecular formula is C26H17ClN6S. The molecule has 6 rings (SSSR count). The van der Waals surface area contributed by atoms with Crippen LogP contribution in [0.5, 0.6) is 0 Å². The van der Waals surface area contributed by atoms with E-state index in [4.69, 9.17) is 11.6 Å². The van der Waals surface area contributed by atoms with Crippen molar-refractivity contribution < 1.29 is 0 Å². The number of hydrogen-bond donors (Lipinski definition) is 1. The van der Waals surface area contributed by atoms with Crippen LogP contribution in [0.3, 0.4) is 0 Å². The lowest BCUT2D eigenvalue weighted by molar-refractivity contribution is 0.865. The second kappa shape index (κ2) is 8.78. The summed E-state index contributed by atoms with van der Waals surface area (Å²) >= 11 is 7.66. The fourth-order valence-electron chi connectivity index (χ4n) is 3.79. The summed E-state index contributed by atoms with van der Waals surface area (Å²) < 4.78 is 1.82. The van der Waals surface area contributed by atoms with Gasteiger partial charge in [-0.2, -0.15) is 5.10 Å². The van der Waals surface area contributed by atoms with E-state index in [1.807, 2.05) is 77.4 Å². The first-order chi connectivity index (χ1) is 16.7. The molecule has 0 aliphatic carbocycles. The summed E-state index contributed by atoms with van der Waals surface area (Å²) in [7, 11) is 0. The molecule has 0 radical (unpaired) electrons. The molecule has 0 fully saturated rings. The molecule has 0 saturated carbocycles. The summed E-state index contributed by atoms with van der Waals surface area (Å²) in [6.07, 6.45) is 3.49. The van der Waals surface area contributed by atoms with E-state index in [0.717, 1.165) is 43.2 Å². The summed E-state index contributed by atoms with van der Waals surface area (Å²) in [5, 5.41) is 20.3. The smallest absolute Gasteiger partial charge is 0.161 e. The van der Waals surface area contributed by atoms with Gasteiger partial charge in [0, 0.05) is 38.1 Å². The molecule has 0 spiro atoms. The fourth-order valence-corrected chi connectivity index (χ4v) is 4.78. The molecule has 3 heterocycles. The molecule has 0 amide bonds. The van der Waals surface area contributed by atoms with Crippen molar-refractivity contribution >= 4 is 51.2 Å². The minimum Gasteiger partial charge on any atom is -0.338 e. The largest absolute Gasteiger partial charge is 0.338 e. The highest BCUT2D eigenvalue weighted by atomic mass is 35.5. The van der Waals surface area contributed by atoms with Gasteiger partial charge in [-0.3, -0.25) is 0 Å². The molecule has 0 bridgehead atoms. The maximum Gasteiger partial charge on any atom is 0.161 e. The molecule has 34 heavy (non-hydrogen) atoms. The fraction of sp³-hybridized carbons (Fsp3) is 0. The number of nitrogens with zero attached hydrogens (tertiary/aromatic N) is 5. The predicted molar refractivity (Wildman–Crippen MR) is 137 cm³/mol. The van der Waals surface area contributed by atoms with Crippen molar-refractivity contribution in [2.75, 3.05) is 5.32 Å². The molecule has 0 saturated heterocycles. The monoisotopic (exact) mass is 480 g/mol. The number of rotatable bonds is 5. The Morgan fingerprint density at radius 3 is 2.41 bits per heavy atom. The number of halogens is 1. The first-order valence-electron chi connectivity index (χ1n) is 10.6. The van der Waals surface area contributed by atoms with Crippen molar-refractivity contribution in [2.45, 2.75) is 9.92 Å². The third-order valence-electron chi connectivity index (χ3n) is 5.43. The van der Waals surface area contributed by atoms with E-state index in [-0.39, 0.29) is 0 Å². The quantitative estimate of drug-likeness (QED) is 0.290. The van der Waals surface area contributed by atoms with Crippen LogP contribution in [0, 0.1) is 0 Å². The van der Waals surface area contributed by atoms with E-state index in [1.54, 1.807) is 18.1 Å². The standard InChI is InChI=1S/C26H17ClN6S/c27-18-9-7-17(8-10-18)24-21-4-1-2-5-22(21)25(32-31-24)30-19-11-13-20(14-12-19)34-26-23-6-3-15-33(23)29-16-28-26/h1-16H,(H,30,32). The Labute approximate surface area is 204 Å². The van der Waals surface area contributed by atoms with Crippen molar-refractivity contribution in [3.8, 4) is 11.3 Å². The van der Waals surface area contributed by atoms with Gasteiger partial charge in [0.25, 0.3) is 0 Å². The highest BCUT2D eigenvalue weighted by molar-refractivity contribution is 7.99. The van der Waals surface area contributed by atoms with Gasteiger partial charge in [-0.1, -0.05) is 59.8 Å². The van der Waals surface area contributed by atoms with Crippen molar-refractivity contribution in [1.82, 2.24) is 24.8 Å². The Morgan fingerprint density at radius 1 is 0.794 bits per heavy atom. The van der Waals surface area contributed by atoms with Crippen molar-refractivity contribution in [1.29, 1.82) is 0 Å². The number of aromatic nitrogens is 5.